The van der Waals surface area contributed by atoms with E-state index < -0.39 is 26.8 Å². The van der Waals surface area contributed by atoms with E-state index in [4.69, 9.17) is 4.55 Å². The highest BCUT2D eigenvalue weighted by atomic mass is 32.2. The Hall–Kier alpha value is -0.760. The van der Waals surface area contributed by atoms with Crippen LogP contribution < -0.4 is 5.32 Å². The van der Waals surface area contributed by atoms with Gasteiger partial charge in [-0.05, 0) is 56.3 Å². The van der Waals surface area contributed by atoms with Crippen LogP contribution in [0.5, 0.6) is 0 Å². The van der Waals surface area contributed by atoms with Crippen molar-refractivity contribution in [1.29, 1.82) is 0 Å². The van der Waals surface area contributed by atoms with Gasteiger partial charge in [0, 0.05) is 5.54 Å². The molecular formula is C21H35F2NO4S. The predicted octanol–water partition coefficient (Wildman–Crippen LogP) is 5.06. The summed E-state index contributed by atoms with van der Waals surface area (Å²) in [6.45, 7) is 0. The number of halogens is 2. The van der Waals surface area contributed by atoms with Gasteiger partial charge in [-0.2, -0.15) is 17.2 Å². The third-order valence-corrected chi connectivity index (χ3v) is 8.59. The van der Waals surface area contributed by atoms with Crippen molar-refractivity contribution in [2.45, 2.75) is 107 Å². The average molecular weight is 436 g/mol. The van der Waals surface area contributed by atoms with Crippen LogP contribution in [0.2, 0.25) is 0 Å². The van der Waals surface area contributed by atoms with E-state index in [1.54, 1.807) is 0 Å². The van der Waals surface area contributed by atoms with Crippen LogP contribution >= 0.6 is 0 Å². The minimum Gasteiger partial charge on any atom is -0.344 e. The third kappa shape index (κ3) is 4.63. The molecule has 5 nitrogen and oxygen atoms in total. The monoisotopic (exact) mass is 435 g/mol. The van der Waals surface area contributed by atoms with Gasteiger partial charge in [0.2, 0.25) is 0 Å². The molecule has 8 heteroatoms. The van der Waals surface area contributed by atoms with E-state index in [0.29, 0.717) is 0 Å². The Morgan fingerprint density at radius 1 is 0.724 bits per heavy atom. The molecule has 0 aromatic carbocycles. The van der Waals surface area contributed by atoms with Gasteiger partial charge in [-0.15, -0.1) is 0 Å². The lowest BCUT2D eigenvalue weighted by Crippen LogP contribution is -2.67. The van der Waals surface area contributed by atoms with Gasteiger partial charge in [0.15, 0.2) is 0 Å². The number of amides is 1. The molecule has 29 heavy (non-hydrogen) atoms. The normalized spacial score (nSPS) is 24.4. The van der Waals surface area contributed by atoms with Crippen molar-refractivity contribution >= 4 is 16.0 Å². The molecule has 3 aliphatic rings. The summed E-state index contributed by atoms with van der Waals surface area (Å²) < 4.78 is 60.1. The summed E-state index contributed by atoms with van der Waals surface area (Å²) in [6.07, 6.45) is 14.7. The molecule has 0 spiro atoms. The molecule has 3 fully saturated rings. The highest BCUT2D eigenvalue weighted by Crippen LogP contribution is 2.51. The number of hydrogen-bond donors (Lipinski definition) is 2. The number of rotatable bonds is 6. The highest BCUT2D eigenvalue weighted by molar-refractivity contribution is 7.87. The summed E-state index contributed by atoms with van der Waals surface area (Å²) in [6, 6.07) is 0. The Balaban J connectivity index is 2.02. The van der Waals surface area contributed by atoms with Crippen molar-refractivity contribution in [1.82, 2.24) is 5.32 Å². The van der Waals surface area contributed by atoms with Gasteiger partial charge in [-0.3, -0.25) is 9.35 Å². The largest absolute Gasteiger partial charge is 0.446 e. The molecule has 3 aliphatic carbocycles. The Morgan fingerprint density at radius 2 is 1.03 bits per heavy atom. The Labute approximate surface area is 173 Å². The molecule has 0 aliphatic heterocycles. The summed E-state index contributed by atoms with van der Waals surface area (Å²) in [5.74, 6) is -1.59. The number of carbonyl (C=O) groups is 1. The molecular weight excluding hydrogens is 400 g/mol. The molecule has 0 aromatic heterocycles. The number of hydrogen-bond acceptors (Lipinski definition) is 3. The number of alkyl halides is 2. The molecule has 0 saturated heterocycles. The number of nitrogens with one attached hydrogen (secondary N) is 1. The van der Waals surface area contributed by atoms with Gasteiger partial charge in [0.05, 0.1) is 0 Å². The topological polar surface area (TPSA) is 83.5 Å². The summed E-state index contributed by atoms with van der Waals surface area (Å²) in [5, 5.41) is -2.16. The SMILES string of the molecule is O=C(NC(C1CCCCC1)(C1CCCCC1)C1CCCCC1)C(F)(F)S(=O)(=O)O. The first-order chi connectivity index (χ1) is 13.7. The van der Waals surface area contributed by atoms with Crippen molar-refractivity contribution in [2.75, 3.05) is 0 Å². The van der Waals surface area contributed by atoms with E-state index in [-0.39, 0.29) is 17.8 Å². The molecule has 3 rings (SSSR count). The van der Waals surface area contributed by atoms with E-state index in [0.717, 1.165) is 96.3 Å². The van der Waals surface area contributed by atoms with Gasteiger partial charge in [-0.1, -0.05) is 57.8 Å². The quantitative estimate of drug-likeness (QED) is 0.571. The summed E-state index contributed by atoms with van der Waals surface area (Å²) >= 11 is 0. The molecule has 3 saturated carbocycles. The van der Waals surface area contributed by atoms with Crippen molar-refractivity contribution in [3.63, 3.8) is 0 Å². The maximum atomic E-state index is 14.3. The molecule has 0 unspecified atom stereocenters. The zero-order valence-corrected chi connectivity index (χ0v) is 18.0. The van der Waals surface area contributed by atoms with E-state index in [2.05, 4.69) is 5.32 Å². The zero-order valence-electron chi connectivity index (χ0n) is 17.2. The Bertz CT molecular complexity index is 619. The fourth-order valence-corrected chi connectivity index (χ4v) is 6.72. The first kappa shape index (κ1) is 22.9. The first-order valence-electron chi connectivity index (χ1n) is 11.4. The van der Waals surface area contributed by atoms with Crippen LogP contribution in [0.3, 0.4) is 0 Å². The van der Waals surface area contributed by atoms with Gasteiger partial charge in [0.1, 0.15) is 0 Å². The molecule has 0 atom stereocenters. The zero-order chi connectivity index (χ0) is 21.1. The molecule has 2 N–H and O–H groups in total. The van der Waals surface area contributed by atoms with E-state index >= 15 is 0 Å². The van der Waals surface area contributed by atoms with Crippen LogP contribution in [0.25, 0.3) is 0 Å². The molecule has 0 heterocycles. The van der Waals surface area contributed by atoms with E-state index in [9.17, 15) is 22.0 Å². The predicted molar refractivity (Wildman–Crippen MR) is 107 cm³/mol. The van der Waals surface area contributed by atoms with Gasteiger partial charge in [-0.25, -0.2) is 0 Å². The fraction of sp³-hybridized carbons (Fsp3) is 0.952. The summed E-state index contributed by atoms with van der Waals surface area (Å²) in [4.78, 5) is 12.7. The standard InChI is InChI=1S/C21H35F2NO4S/c22-21(23,29(26,27)28)19(25)24-20(16-10-4-1-5-11-16,17-12-6-2-7-13-17)18-14-8-3-9-15-18/h16-18H,1-15H2,(H,24,25)(H,26,27,28). The van der Waals surface area contributed by atoms with Crippen molar-refractivity contribution in [3.8, 4) is 0 Å². The molecule has 168 valence electrons. The van der Waals surface area contributed by atoms with Crippen LogP contribution in [0.1, 0.15) is 96.3 Å². The average Bonchev–Trinajstić information content (AvgIpc) is 2.73. The molecule has 0 aromatic rings. The van der Waals surface area contributed by atoms with Crippen LogP contribution in [-0.4, -0.2) is 29.7 Å². The lowest BCUT2D eigenvalue weighted by molar-refractivity contribution is -0.143. The van der Waals surface area contributed by atoms with Gasteiger partial charge >= 0.3 is 21.3 Å². The van der Waals surface area contributed by atoms with Crippen LogP contribution in [0.4, 0.5) is 8.78 Å². The highest BCUT2D eigenvalue weighted by Gasteiger charge is 2.58. The maximum Gasteiger partial charge on any atom is 0.446 e. The maximum absolute atomic E-state index is 14.3. The lowest BCUT2D eigenvalue weighted by Gasteiger charge is -2.55. The van der Waals surface area contributed by atoms with Crippen molar-refractivity contribution < 1.29 is 26.5 Å². The molecule has 0 bridgehead atoms. The molecule has 1 amide bonds. The van der Waals surface area contributed by atoms with Crippen LogP contribution in [0, 0.1) is 17.8 Å². The van der Waals surface area contributed by atoms with E-state index in [1.165, 1.54) is 0 Å². The lowest BCUT2D eigenvalue weighted by atomic mass is 9.56. The van der Waals surface area contributed by atoms with Gasteiger partial charge < -0.3 is 5.32 Å². The number of carbonyl (C=O) groups excluding carboxylic acids is 1. The van der Waals surface area contributed by atoms with E-state index in [1.807, 2.05) is 0 Å². The first-order valence-corrected chi connectivity index (χ1v) is 12.8. The minimum atomic E-state index is -5.81. The second kappa shape index (κ2) is 9.16. The second-order valence-corrected chi connectivity index (χ2v) is 10.8. The van der Waals surface area contributed by atoms with Crippen molar-refractivity contribution in [3.05, 3.63) is 0 Å². The summed E-state index contributed by atoms with van der Waals surface area (Å²) in [7, 11) is -5.81. The second-order valence-electron chi connectivity index (χ2n) is 9.38. The van der Waals surface area contributed by atoms with Gasteiger partial charge in [0.25, 0.3) is 0 Å². The van der Waals surface area contributed by atoms with Crippen LogP contribution in [0.15, 0.2) is 0 Å². The summed E-state index contributed by atoms with van der Waals surface area (Å²) in [5.41, 5.74) is -0.799. The third-order valence-electron chi connectivity index (χ3n) is 7.76. The smallest absolute Gasteiger partial charge is 0.344 e. The molecule has 0 radical (unpaired) electrons. The fourth-order valence-electron chi connectivity index (χ4n) is 6.43. The minimum absolute atomic E-state index is 0.0867. The Morgan fingerprint density at radius 3 is 1.31 bits per heavy atom. The van der Waals surface area contributed by atoms with Crippen LogP contribution in [-0.2, 0) is 14.9 Å². The van der Waals surface area contributed by atoms with Crippen molar-refractivity contribution in [2.24, 2.45) is 17.8 Å². The Kier molecular flexibility index (Phi) is 7.24.